The Hall–Kier alpha value is -2.94. The monoisotopic (exact) mass is 286 g/mol. The maximum Gasteiger partial charge on any atom is 0.197 e. The molecule has 0 aliphatic heterocycles. The van der Waals surface area contributed by atoms with Crippen LogP contribution in [0.25, 0.3) is 21.7 Å². The third kappa shape index (κ3) is 1.83. The predicted molar refractivity (Wildman–Crippen MR) is 88.1 cm³/mol. The van der Waals surface area contributed by atoms with Gasteiger partial charge in [-0.25, -0.2) is 0 Å². The van der Waals surface area contributed by atoms with Crippen LogP contribution in [0.5, 0.6) is 0 Å². The fourth-order valence-electron chi connectivity index (χ4n) is 2.97. The minimum absolute atomic E-state index is 0.0149. The van der Waals surface area contributed by atoms with Crippen molar-refractivity contribution < 1.29 is 4.79 Å². The number of carbonyl (C=O) groups is 1. The molecule has 0 N–H and O–H groups in total. The molecule has 0 radical (unpaired) electrons. The highest BCUT2D eigenvalue weighted by molar-refractivity contribution is 6.21. The first kappa shape index (κ1) is 12.8. The summed E-state index contributed by atoms with van der Waals surface area (Å²) < 4.78 is 1.99. The summed E-state index contributed by atoms with van der Waals surface area (Å²) in [5.74, 6) is 0.0149. The van der Waals surface area contributed by atoms with Gasteiger partial charge in [0, 0.05) is 53.1 Å². The lowest BCUT2D eigenvalue weighted by molar-refractivity contribution is 0.104. The van der Waals surface area contributed by atoms with Gasteiger partial charge in [-0.1, -0.05) is 42.5 Å². The molecule has 2 aromatic heterocycles. The molecule has 0 bridgehead atoms. The standard InChI is InChI=1S/C19H14N2O/c1-21-12-17(15-8-4-5-9-18(15)21)19(22)16-11-20-10-13-6-2-3-7-14(13)16/h2-12H,1H3. The van der Waals surface area contributed by atoms with E-state index in [2.05, 4.69) is 4.98 Å². The van der Waals surface area contributed by atoms with Crippen LogP contribution in [0.3, 0.4) is 0 Å². The zero-order valence-corrected chi connectivity index (χ0v) is 12.2. The summed E-state index contributed by atoms with van der Waals surface area (Å²) in [4.78, 5) is 17.3. The number of para-hydroxylation sites is 1. The topological polar surface area (TPSA) is 34.9 Å². The second-order valence-electron chi connectivity index (χ2n) is 5.41. The van der Waals surface area contributed by atoms with Crippen LogP contribution in [0, 0.1) is 0 Å². The Morgan fingerprint density at radius 3 is 2.50 bits per heavy atom. The Morgan fingerprint density at radius 2 is 1.64 bits per heavy atom. The van der Waals surface area contributed by atoms with Crippen molar-refractivity contribution in [1.82, 2.24) is 9.55 Å². The molecule has 3 nitrogen and oxygen atoms in total. The maximum atomic E-state index is 13.0. The molecule has 2 aromatic carbocycles. The van der Waals surface area contributed by atoms with E-state index >= 15 is 0 Å². The quantitative estimate of drug-likeness (QED) is 0.523. The van der Waals surface area contributed by atoms with Crippen LogP contribution in [0.2, 0.25) is 0 Å². The molecule has 22 heavy (non-hydrogen) atoms. The van der Waals surface area contributed by atoms with Crippen LogP contribution in [-0.2, 0) is 7.05 Å². The third-order valence-corrected chi connectivity index (χ3v) is 4.05. The van der Waals surface area contributed by atoms with E-state index in [1.54, 1.807) is 12.4 Å². The smallest absolute Gasteiger partial charge is 0.197 e. The van der Waals surface area contributed by atoms with E-state index in [9.17, 15) is 4.79 Å². The SMILES string of the molecule is Cn1cc(C(=O)c2cncc3ccccc23)c2ccccc21. The van der Waals surface area contributed by atoms with E-state index < -0.39 is 0 Å². The minimum atomic E-state index is 0.0149. The number of rotatable bonds is 2. The Kier molecular flexibility index (Phi) is 2.79. The van der Waals surface area contributed by atoms with Crippen LogP contribution in [-0.4, -0.2) is 15.3 Å². The minimum Gasteiger partial charge on any atom is -0.350 e. The molecule has 3 heteroatoms. The van der Waals surface area contributed by atoms with Gasteiger partial charge in [0.05, 0.1) is 0 Å². The average Bonchev–Trinajstić information content (AvgIpc) is 2.91. The zero-order chi connectivity index (χ0) is 15.1. The molecular formula is C19H14N2O. The van der Waals surface area contributed by atoms with Gasteiger partial charge in [-0.3, -0.25) is 9.78 Å². The zero-order valence-electron chi connectivity index (χ0n) is 12.2. The van der Waals surface area contributed by atoms with Gasteiger partial charge in [-0.05, 0) is 11.5 Å². The number of ketones is 1. The largest absolute Gasteiger partial charge is 0.350 e. The molecule has 0 fully saturated rings. The van der Waals surface area contributed by atoms with Crippen molar-refractivity contribution in [3.8, 4) is 0 Å². The van der Waals surface area contributed by atoms with E-state index in [-0.39, 0.29) is 5.78 Å². The summed E-state index contributed by atoms with van der Waals surface area (Å²) in [5.41, 5.74) is 2.42. The number of fused-ring (bicyclic) bond motifs is 2. The lowest BCUT2D eigenvalue weighted by atomic mass is 9.99. The number of benzene rings is 2. The highest BCUT2D eigenvalue weighted by atomic mass is 16.1. The summed E-state index contributed by atoms with van der Waals surface area (Å²) in [5, 5.41) is 2.90. The first-order valence-corrected chi connectivity index (χ1v) is 7.17. The fraction of sp³-hybridized carbons (Fsp3) is 0.0526. The van der Waals surface area contributed by atoms with Crippen LogP contribution in [0.1, 0.15) is 15.9 Å². The molecule has 106 valence electrons. The van der Waals surface area contributed by atoms with E-state index in [0.717, 1.165) is 27.2 Å². The summed E-state index contributed by atoms with van der Waals surface area (Å²) in [6.45, 7) is 0. The van der Waals surface area contributed by atoms with Gasteiger partial charge in [-0.15, -0.1) is 0 Å². The molecule has 0 atom stereocenters. The number of nitrogens with zero attached hydrogens (tertiary/aromatic N) is 2. The molecule has 0 amide bonds. The summed E-state index contributed by atoms with van der Waals surface area (Å²) >= 11 is 0. The highest BCUT2D eigenvalue weighted by Crippen LogP contribution is 2.26. The van der Waals surface area contributed by atoms with Crippen molar-refractivity contribution in [3.05, 3.63) is 78.2 Å². The van der Waals surface area contributed by atoms with Gasteiger partial charge >= 0.3 is 0 Å². The Balaban J connectivity index is 1.97. The summed E-state index contributed by atoms with van der Waals surface area (Å²) in [7, 11) is 1.96. The first-order chi connectivity index (χ1) is 10.8. The van der Waals surface area contributed by atoms with Gasteiger partial charge < -0.3 is 4.57 Å². The molecule has 0 saturated carbocycles. The van der Waals surface area contributed by atoms with Crippen molar-refractivity contribution in [2.45, 2.75) is 0 Å². The van der Waals surface area contributed by atoms with Gasteiger partial charge in [0.15, 0.2) is 5.78 Å². The van der Waals surface area contributed by atoms with Crippen LogP contribution >= 0.6 is 0 Å². The molecule has 4 aromatic rings. The third-order valence-electron chi connectivity index (χ3n) is 4.05. The molecule has 0 unspecified atom stereocenters. The summed E-state index contributed by atoms with van der Waals surface area (Å²) in [6.07, 6.45) is 5.34. The number of hydrogen-bond acceptors (Lipinski definition) is 2. The van der Waals surface area contributed by atoms with Crippen molar-refractivity contribution >= 4 is 27.5 Å². The molecule has 0 spiro atoms. The Bertz CT molecular complexity index is 1010. The van der Waals surface area contributed by atoms with Crippen molar-refractivity contribution in [2.24, 2.45) is 7.05 Å². The molecular weight excluding hydrogens is 272 g/mol. The predicted octanol–water partition coefficient (Wildman–Crippen LogP) is 3.96. The summed E-state index contributed by atoms with van der Waals surface area (Å²) in [6, 6.07) is 15.8. The Morgan fingerprint density at radius 1 is 0.909 bits per heavy atom. The first-order valence-electron chi connectivity index (χ1n) is 7.17. The van der Waals surface area contributed by atoms with Gasteiger partial charge in [-0.2, -0.15) is 0 Å². The number of aromatic nitrogens is 2. The van der Waals surface area contributed by atoms with Gasteiger partial charge in [0.25, 0.3) is 0 Å². The lowest BCUT2D eigenvalue weighted by Gasteiger charge is -2.04. The maximum absolute atomic E-state index is 13.0. The lowest BCUT2D eigenvalue weighted by Crippen LogP contribution is -2.02. The highest BCUT2D eigenvalue weighted by Gasteiger charge is 2.17. The second kappa shape index (κ2) is 4.81. The molecule has 0 saturated heterocycles. The number of aryl methyl sites for hydroxylation is 1. The van der Waals surface area contributed by atoms with Crippen LogP contribution < -0.4 is 0 Å². The molecule has 4 rings (SSSR count). The normalized spacial score (nSPS) is 11.1. The van der Waals surface area contributed by atoms with Crippen molar-refractivity contribution in [1.29, 1.82) is 0 Å². The van der Waals surface area contributed by atoms with Crippen molar-refractivity contribution in [3.63, 3.8) is 0 Å². The van der Waals surface area contributed by atoms with E-state index in [4.69, 9.17) is 0 Å². The molecule has 0 aliphatic rings. The molecule has 0 aliphatic carbocycles. The van der Waals surface area contributed by atoms with E-state index in [0.29, 0.717) is 5.56 Å². The fourth-order valence-corrected chi connectivity index (χ4v) is 2.97. The second-order valence-corrected chi connectivity index (χ2v) is 5.41. The van der Waals surface area contributed by atoms with Gasteiger partial charge in [0.1, 0.15) is 0 Å². The number of carbonyl (C=O) groups excluding carboxylic acids is 1. The van der Waals surface area contributed by atoms with E-state index in [1.165, 1.54) is 0 Å². The van der Waals surface area contributed by atoms with Crippen LogP contribution in [0.4, 0.5) is 0 Å². The average molecular weight is 286 g/mol. The number of pyridine rings is 1. The Labute approximate surface area is 127 Å². The van der Waals surface area contributed by atoms with Crippen molar-refractivity contribution in [2.75, 3.05) is 0 Å². The van der Waals surface area contributed by atoms with E-state index in [1.807, 2.05) is 66.3 Å². The number of hydrogen-bond donors (Lipinski definition) is 0. The van der Waals surface area contributed by atoms with Crippen LogP contribution in [0.15, 0.2) is 67.1 Å². The molecule has 2 heterocycles. The van der Waals surface area contributed by atoms with Gasteiger partial charge in [0.2, 0.25) is 0 Å².